The predicted octanol–water partition coefficient (Wildman–Crippen LogP) is 2.26. The Labute approximate surface area is 163 Å². The van der Waals surface area contributed by atoms with Crippen LogP contribution in [0.3, 0.4) is 0 Å². The summed E-state index contributed by atoms with van der Waals surface area (Å²) in [6.45, 7) is 3.15. The van der Waals surface area contributed by atoms with Crippen LogP contribution in [-0.4, -0.2) is 44.1 Å². The van der Waals surface area contributed by atoms with E-state index in [2.05, 4.69) is 4.98 Å². The van der Waals surface area contributed by atoms with Crippen LogP contribution in [0.5, 0.6) is 5.88 Å². The average molecular weight is 380 g/mol. The molecule has 0 atom stereocenters. The van der Waals surface area contributed by atoms with E-state index in [0.29, 0.717) is 29.9 Å². The molecule has 7 nitrogen and oxygen atoms in total. The number of carbonyl (C=O) groups is 1. The summed E-state index contributed by atoms with van der Waals surface area (Å²) in [6.07, 6.45) is 6.81. The fourth-order valence-corrected chi connectivity index (χ4v) is 4.00. The first kappa shape index (κ1) is 18.3. The first-order valence-corrected chi connectivity index (χ1v) is 9.48. The van der Waals surface area contributed by atoms with Gasteiger partial charge in [-0.1, -0.05) is 6.07 Å². The minimum Gasteiger partial charge on any atom is -0.474 e. The smallest absolute Gasteiger partial charge is 0.260 e. The van der Waals surface area contributed by atoms with Crippen LogP contribution >= 0.6 is 0 Å². The number of fused-ring (bicyclic) bond motifs is 1. The zero-order valence-corrected chi connectivity index (χ0v) is 16.4. The first-order chi connectivity index (χ1) is 13.5. The third-order valence-corrected chi connectivity index (χ3v) is 5.36. The lowest BCUT2D eigenvalue weighted by molar-refractivity contribution is 0.0589. The van der Waals surface area contributed by atoms with E-state index in [9.17, 15) is 9.59 Å². The molecule has 0 spiro atoms. The van der Waals surface area contributed by atoms with Gasteiger partial charge in [0.15, 0.2) is 0 Å². The normalized spacial score (nSPS) is 15.2. The summed E-state index contributed by atoms with van der Waals surface area (Å²) < 4.78 is 9.32. The van der Waals surface area contributed by atoms with Crippen LogP contribution < -0.4 is 10.3 Å². The number of hydrogen-bond acceptors (Lipinski definition) is 4. The third-order valence-electron chi connectivity index (χ3n) is 5.36. The van der Waals surface area contributed by atoms with Crippen molar-refractivity contribution in [1.82, 2.24) is 19.0 Å². The quantitative estimate of drug-likeness (QED) is 0.699. The number of carbonyl (C=O) groups excluding carboxylic acids is 1. The van der Waals surface area contributed by atoms with Crippen molar-refractivity contribution in [3.05, 3.63) is 58.3 Å². The van der Waals surface area contributed by atoms with Crippen LogP contribution in [-0.2, 0) is 14.1 Å². The minimum absolute atomic E-state index is 0.0431. The number of ether oxygens (including phenoxy) is 1. The van der Waals surface area contributed by atoms with Gasteiger partial charge in [0.2, 0.25) is 5.88 Å². The van der Waals surface area contributed by atoms with Gasteiger partial charge in [-0.15, -0.1) is 0 Å². The fourth-order valence-electron chi connectivity index (χ4n) is 4.00. The molecule has 3 aromatic heterocycles. The van der Waals surface area contributed by atoms with Gasteiger partial charge < -0.3 is 18.8 Å². The lowest BCUT2D eigenvalue weighted by Crippen LogP contribution is -2.42. The first-order valence-electron chi connectivity index (χ1n) is 9.48. The summed E-state index contributed by atoms with van der Waals surface area (Å²) in [5, 5.41) is 0.502. The molecule has 146 valence electrons. The standard InChI is InChI=1S/C21H24N4O3/c1-14-12-24(3)21(27)18-16(13-23(2)19(14)18)20(26)25-10-7-15(8-11-25)28-17-6-4-5-9-22-17/h4-6,9,12-13,15H,7-8,10-11H2,1-3H3. The lowest BCUT2D eigenvalue weighted by atomic mass is 10.1. The van der Waals surface area contributed by atoms with E-state index in [1.165, 1.54) is 0 Å². The zero-order chi connectivity index (χ0) is 19.8. The van der Waals surface area contributed by atoms with Gasteiger partial charge in [-0.25, -0.2) is 4.98 Å². The highest BCUT2D eigenvalue weighted by molar-refractivity contribution is 6.07. The molecule has 0 saturated carbocycles. The number of piperidine rings is 1. The largest absolute Gasteiger partial charge is 0.474 e. The van der Waals surface area contributed by atoms with Crippen molar-refractivity contribution in [2.24, 2.45) is 14.1 Å². The van der Waals surface area contributed by atoms with Crippen LogP contribution in [0.15, 0.2) is 41.6 Å². The molecular formula is C21H24N4O3. The number of hydrogen-bond donors (Lipinski definition) is 0. The van der Waals surface area contributed by atoms with E-state index in [1.807, 2.05) is 41.6 Å². The second kappa shape index (κ2) is 7.14. The molecule has 28 heavy (non-hydrogen) atoms. The second-order valence-electron chi connectivity index (χ2n) is 7.38. The molecule has 0 N–H and O–H groups in total. The fraction of sp³-hybridized carbons (Fsp3) is 0.381. The van der Waals surface area contributed by atoms with E-state index in [-0.39, 0.29) is 17.6 Å². The Bertz CT molecular complexity index is 1080. The number of amides is 1. The predicted molar refractivity (Wildman–Crippen MR) is 107 cm³/mol. The molecule has 0 aromatic carbocycles. The topological polar surface area (TPSA) is 69.4 Å². The maximum atomic E-state index is 13.2. The van der Waals surface area contributed by atoms with E-state index in [0.717, 1.165) is 23.9 Å². The lowest BCUT2D eigenvalue weighted by Gasteiger charge is -2.31. The molecule has 0 unspecified atom stereocenters. The summed E-state index contributed by atoms with van der Waals surface area (Å²) in [5.41, 5.74) is 2.13. The van der Waals surface area contributed by atoms with Crippen molar-refractivity contribution < 1.29 is 9.53 Å². The van der Waals surface area contributed by atoms with E-state index in [1.54, 1.807) is 30.2 Å². The molecule has 0 aliphatic carbocycles. The zero-order valence-electron chi connectivity index (χ0n) is 16.4. The van der Waals surface area contributed by atoms with Gasteiger partial charge in [0.25, 0.3) is 11.5 Å². The van der Waals surface area contributed by atoms with E-state index in [4.69, 9.17) is 4.74 Å². The molecule has 1 amide bonds. The van der Waals surface area contributed by atoms with Crippen LogP contribution in [0.1, 0.15) is 28.8 Å². The molecule has 0 radical (unpaired) electrons. The highest BCUT2D eigenvalue weighted by Crippen LogP contribution is 2.24. The Hall–Kier alpha value is -3.09. The number of aryl methyl sites for hydroxylation is 3. The molecule has 1 aliphatic heterocycles. The minimum atomic E-state index is -0.141. The maximum Gasteiger partial charge on any atom is 0.260 e. The molecule has 1 fully saturated rings. The summed E-state index contributed by atoms with van der Waals surface area (Å²) in [4.78, 5) is 31.9. The van der Waals surface area contributed by atoms with Gasteiger partial charge in [0.05, 0.1) is 16.5 Å². The number of aromatic nitrogens is 3. The number of likely N-dealkylation sites (tertiary alicyclic amines) is 1. The van der Waals surface area contributed by atoms with Gasteiger partial charge in [-0.3, -0.25) is 9.59 Å². The third kappa shape index (κ3) is 3.17. The van der Waals surface area contributed by atoms with Crippen LogP contribution in [0.25, 0.3) is 10.9 Å². The average Bonchev–Trinajstić information content (AvgIpc) is 3.05. The van der Waals surface area contributed by atoms with Gasteiger partial charge in [0.1, 0.15) is 6.10 Å². The molecule has 1 aliphatic rings. The second-order valence-corrected chi connectivity index (χ2v) is 7.38. The van der Waals surface area contributed by atoms with Crippen molar-refractivity contribution in [2.45, 2.75) is 25.9 Å². The van der Waals surface area contributed by atoms with Gasteiger partial charge >= 0.3 is 0 Å². The SMILES string of the molecule is Cc1cn(C)c(=O)c2c(C(=O)N3CCC(Oc4ccccn4)CC3)cn(C)c12. The maximum absolute atomic E-state index is 13.2. The monoisotopic (exact) mass is 380 g/mol. The molecule has 4 heterocycles. The molecule has 4 rings (SSSR count). The Morgan fingerprint density at radius 1 is 1.14 bits per heavy atom. The summed E-state index contributed by atoms with van der Waals surface area (Å²) in [7, 11) is 3.59. The van der Waals surface area contributed by atoms with Crippen LogP contribution in [0.2, 0.25) is 0 Å². The number of pyridine rings is 2. The van der Waals surface area contributed by atoms with Crippen LogP contribution in [0, 0.1) is 6.92 Å². The molecule has 7 heteroatoms. The van der Waals surface area contributed by atoms with E-state index < -0.39 is 0 Å². The highest BCUT2D eigenvalue weighted by atomic mass is 16.5. The molecule has 1 saturated heterocycles. The summed E-state index contributed by atoms with van der Waals surface area (Å²) >= 11 is 0. The Kier molecular flexibility index (Phi) is 4.66. The van der Waals surface area contributed by atoms with Crippen molar-refractivity contribution in [3.63, 3.8) is 0 Å². The Morgan fingerprint density at radius 3 is 2.57 bits per heavy atom. The van der Waals surface area contributed by atoms with Crippen molar-refractivity contribution in [1.29, 1.82) is 0 Å². The Balaban J connectivity index is 1.54. The molecular weight excluding hydrogens is 356 g/mol. The van der Waals surface area contributed by atoms with Crippen molar-refractivity contribution in [2.75, 3.05) is 13.1 Å². The highest BCUT2D eigenvalue weighted by Gasteiger charge is 2.28. The van der Waals surface area contributed by atoms with Crippen molar-refractivity contribution >= 4 is 16.8 Å². The van der Waals surface area contributed by atoms with Crippen molar-refractivity contribution in [3.8, 4) is 5.88 Å². The van der Waals surface area contributed by atoms with Gasteiger partial charge in [-0.05, 0) is 18.6 Å². The number of rotatable bonds is 3. The molecule has 0 bridgehead atoms. The van der Waals surface area contributed by atoms with Gasteiger partial charge in [0, 0.05) is 64.7 Å². The van der Waals surface area contributed by atoms with Gasteiger partial charge in [-0.2, -0.15) is 0 Å². The number of nitrogens with zero attached hydrogens (tertiary/aromatic N) is 4. The molecule has 3 aromatic rings. The summed E-state index contributed by atoms with van der Waals surface area (Å²) in [5.74, 6) is 0.518. The Morgan fingerprint density at radius 2 is 1.89 bits per heavy atom. The van der Waals surface area contributed by atoms with Crippen LogP contribution in [0.4, 0.5) is 0 Å². The van der Waals surface area contributed by atoms with E-state index >= 15 is 0 Å². The summed E-state index contributed by atoms with van der Waals surface area (Å²) in [6, 6.07) is 5.58.